The van der Waals surface area contributed by atoms with E-state index in [-0.39, 0.29) is 0 Å². The van der Waals surface area contributed by atoms with E-state index in [9.17, 15) is 5.26 Å². The fourth-order valence-corrected chi connectivity index (χ4v) is 3.37. The van der Waals surface area contributed by atoms with Gasteiger partial charge in [0.05, 0.1) is 18.7 Å². The molecule has 0 aliphatic heterocycles. The van der Waals surface area contributed by atoms with Crippen molar-refractivity contribution in [1.29, 1.82) is 5.26 Å². The van der Waals surface area contributed by atoms with Crippen LogP contribution < -0.4 is 15.0 Å². The summed E-state index contributed by atoms with van der Waals surface area (Å²) in [4.78, 5) is 7.98. The number of nitrogen functional groups attached to an aromatic ring is 1. The lowest BCUT2D eigenvalue weighted by molar-refractivity contribution is -0.664. The summed E-state index contributed by atoms with van der Waals surface area (Å²) in [5.74, 6) is 1.63. The van der Waals surface area contributed by atoms with Crippen LogP contribution in [-0.4, -0.2) is 16.6 Å². The normalized spacial score (nSPS) is 10.8. The van der Waals surface area contributed by atoms with Crippen LogP contribution in [0.25, 0.3) is 22.4 Å². The first kappa shape index (κ1) is 18.5. The van der Waals surface area contributed by atoms with E-state index in [0.29, 0.717) is 41.4 Å². The van der Waals surface area contributed by atoms with E-state index in [1.54, 1.807) is 0 Å². The quantitative estimate of drug-likeness (QED) is 0.495. The number of hydrogen-bond donors (Lipinski definition) is 2. The number of fused-ring (bicyclic) bond motifs is 1. The van der Waals surface area contributed by atoms with E-state index >= 15 is 0 Å². The fourth-order valence-electron chi connectivity index (χ4n) is 3.37. The van der Waals surface area contributed by atoms with Crippen LogP contribution in [0.2, 0.25) is 0 Å². The van der Waals surface area contributed by atoms with Gasteiger partial charge in [0.25, 0.3) is 5.82 Å². The lowest BCUT2D eigenvalue weighted by atomic mass is 10.1. The number of rotatable bonds is 6. The Hall–Kier alpha value is -3.85. The molecule has 0 spiro atoms. The molecule has 2 aromatic carbocycles. The molecule has 144 valence electrons. The summed E-state index contributed by atoms with van der Waals surface area (Å²) in [6.07, 6.45) is 0.840. The Morgan fingerprint density at radius 2 is 1.79 bits per heavy atom. The number of nitrogens with two attached hydrogens (primary N) is 1. The van der Waals surface area contributed by atoms with Gasteiger partial charge in [-0.05, 0) is 24.1 Å². The highest BCUT2D eigenvalue weighted by atomic mass is 16.5. The molecule has 4 aromatic rings. The maximum atomic E-state index is 9.75. The van der Waals surface area contributed by atoms with Gasteiger partial charge in [0, 0.05) is 0 Å². The summed E-state index contributed by atoms with van der Waals surface area (Å²) in [7, 11) is 0. The Morgan fingerprint density at radius 3 is 2.45 bits per heavy atom. The topological polar surface area (TPSA) is 91.6 Å². The number of ether oxygens (including phenoxy) is 1. The van der Waals surface area contributed by atoms with Crippen molar-refractivity contribution in [3.05, 3.63) is 71.8 Å². The molecular weight excluding hydrogens is 362 g/mol. The maximum absolute atomic E-state index is 9.75. The molecule has 0 saturated heterocycles. The summed E-state index contributed by atoms with van der Waals surface area (Å²) < 4.78 is 7.69. The first-order valence-corrected chi connectivity index (χ1v) is 9.60. The molecule has 0 aliphatic carbocycles. The van der Waals surface area contributed by atoms with Crippen molar-refractivity contribution in [1.82, 2.24) is 9.97 Å². The monoisotopic (exact) mass is 384 g/mol. The van der Waals surface area contributed by atoms with Gasteiger partial charge >= 0.3 is 0 Å². The van der Waals surface area contributed by atoms with Crippen molar-refractivity contribution < 1.29 is 9.30 Å². The van der Waals surface area contributed by atoms with Crippen LogP contribution in [0.5, 0.6) is 5.88 Å². The van der Waals surface area contributed by atoms with Gasteiger partial charge in [-0.3, -0.25) is 4.98 Å². The van der Waals surface area contributed by atoms with Crippen LogP contribution in [0.4, 0.5) is 5.82 Å². The van der Waals surface area contributed by atoms with Gasteiger partial charge in [0.2, 0.25) is 17.3 Å². The number of benzene rings is 2. The molecule has 4 rings (SSSR count). The molecule has 3 N–H and O–H groups in total. The second kappa shape index (κ2) is 8.03. The van der Waals surface area contributed by atoms with Gasteiger partial charge < -0.3 is 10.5 Å². The molecule has 0 radical (unpaired) electrons. The van der Waals surface area contributed by atoms with Gasteiger partial charge in [0.15, 0.2) is 0 Å². The Balaban J connectivity index is 1.96. The molecule has 0 bridgehead atoms. The summed E-state index contributed by atoms with van der Waals surface area (Å²) in [5, 5.41) is 10.3. The van der Waals surface area contributed by atoms with Gasteiger partial charge in [-0.1, -0.05) is 60.4 Å². The van der Waals surface area contributed by atoms with Crippen LogP contribution in [0, 0.1) is 11.3 Å². The first-order chi connectivity index (χ1) is 14.2. The molecule has 0 atom stereocenters. The molecule has 0 fully saturated rings. The number of aromatic nitrogens is 3. The zero-order chi connectivity index (χ0) is 20.2. The molecule has 0 unspecified atom stereocenters. The van der Waals surface area contributed by atoms with Crippen molar-refractivity contribution in [3.63, 3.8) is 0 Å². The average Bonchev–Trinajstić information content (AvgIpc) is 3.13. The molecule has 0 amide bonds. The summed E-state index contributed by atoms with van der Waals surface area (Å²) in [6, 6.07) is 22.2. The summed E-state index contributed by atoms with van der Waals surface area (Å²) in [6.45, 7) is 3.07. The Labute approximate surface area is 169 Å². The summed E-state index contributed by atoms with van der Waals surface area (Å²) in [5.41, 5.74) is 9.60. The molecular formula is C23H22N5O+. The van der Waals surface area contributed by atoms with E-state index in [0.717, 1.165) is 23.4 Å². The number of nitrogens with one attached hydrogen (secondary N) is 1. The van der Waals surface area contributed by atoms with Crippen LogP contribution >= 0.6 is 0 Å². The van der Waals surface area contributed by atoms with Crippen molar-refractivity contribution in [3.8, 4) is 23.3 Å². The standard InChI is InChI=1S/C23H21N5O/c1-2-13-29-23-18(14-24)19-20(25)28(15-16-9-5-3-6-10-16)22(26-21(19)27-23)17-11-7-4-8-12-17/h3-12H,2,13,15H2,1H3,(H2,25,27)/p+1. The molecule has 29 heavy (non-hydrogen) atoms. The molecule has 2 heterocycles. The number of nitrogens with zero attached hydrogens (tertiary/aromatic N) is 3. The van der Waals surface area contributed by atoms with Crippen LogP contribution in [0.15, 0.2) is 60.7 Å². The van der Waals surface area contributed by atoms with Crippen molar-refractivity contribution in [2.45, 2.75) is 19.9 Å². The lowest BCUT2D eigenvalue weighted by Crippen LogP contribution is -2.41. The van der Waals surface area contributed by atoms with Gasteiger partial charge in [-0.15, -0.1) is 0 Å². The highest BCUT2D eigenvalue weighted by Crippen LogP contribution is 2.31. The third-order valence-corrected chi connectivity index (χ3v) is 4.74. The largest absolute Gasteiger partial charge is 0.478 e. The van der Waals surface area contributed by atoms with Gasteiger partial charge in [-0.25, -0.2) is 4.57 Å². The van der Waals surface area contributed by atoms with Crippen LogP contribution in [0.3, 0.4) is 0 Å². The van der Waals surface area contributed by atoms with E-state index in [1.165, 1.54) is 0 Å². The number of H-pyrrole nitrogens is 1. The molecule has 6 nitrogen and oxygen atoms in total. The maximum Gasteiger partial charge on any atom is 0.272 e. The number of anilines is 1. The zero-order valence-corrected chi connectivity index (χ0v) is 16.2. The number of nitriles is 1. The third-order valence-electron chi connectivity index (χ3n) is 4.74. The second-order valence-electron chi connectivity index (χ2n) is 6.77. The minimum atomic E-state index is 0.389. The Morgan fingerprint density at radius 1 is 1.10 bits per heavy atom. The van der Waals surface area contributed by atoms with Crippen molar-refractivity contribution >= 4 is 16.9 Å². The second-order valence-corrected chi connectivity index (χ2v) is 6.77. The average molecular weight is 384 g/mol. The molecule has 2 aromatic heterocycles. The number of aromatic amines is 1. The molecule has 6 heteroatoms. The van der Waals surface area contributed by atoms with Gasteiger partial charge in [0.1, 0.15) is 17.0 Å². The summed E-state index contributed by atoms with van der Waals surface area (Å²) >= 11 is 0. The molecule has 0 saturated carbocycles. The lowest BCUT2D eigenvalue weighted by Gasteiger charge is -2.10. The van der Waals surface area contributed by atoms with E-state index in [1.807, 2.05) is 72.2 Å². The van der Waals surface area contributed by atoms with Crippen LogP contribution in [0.1, 0.15) is 24.5 Å². The molecule has 0 aliphatic rings. The van der Waals surface area contributed by atoms with Crippen molar-refractivity contribution in [2.75, 3.05) is 12.3 Å². The Bertz CT molecular complexity index is 1180. The zero-order valence-electron chi connectivity index (χ0n) is 16.2. The predicted octanol–water partition coefficient (Wildman–Crippen LogP) is 3.81. The van der Waals surface area contributed by atoms with Crippen molar-refractivity contribution in [2.24, 2.45) is 0 Å². The highest BCUT2D eigenvalue weighted by molar-refractivity contribution is 5.93. The minimum absolute atomic E-state index is 0.389. The fraction of sp³-hybridized carbons (Fsp3) is 0.174. The SMILES string of the molecule is CCCOc1[nH]c2nc(-c3ccccc3)[n+](Cc3ccccc3)c(N)c2c1C#N. The predicted molar refractivity (Wildman–Crippen MR) is 112 cm³/mol. The van der Waals surface area contributed by atoms with Gasteiger partial charge in [-0.2, -0.15) is 5.26 Å². The Kier molecular flexibility index (Phi) is 5.12. The van der Waals surface area contributed by atoms with Crippen LogP contribution in [-0.2, 0) is 6.54 Å². The third kappa shape index (κ3) is 3.50. The first-order valence-electron chi connectivity index (χ1n) is 9.60. The minimum Gasteiger partial charge on any atom is -0.478 e. The van der Waals surface area contributed by atoms with E-state index in [4.69, 9.17) is 15.5 Å². The van der Waals surface area contributed by atoms with E-state index < -0.39 is 0 Å². The highest BCUT2D eigenvalue weighted by Gasteiger charge is 2.27. The smallest absolute Gasteiger partial charge is 0.272 e. The van der Waals surface area contributed by atoms with E-state index in [2.05, 4.69) is 11.1 Å². The number of hydrogen-bond acceptors (Lipinski definition) is 4.